The molecule has 6 rings (SSSR count). The summed E-state index contributed by atoms with van der Waals surface area (Å²) in [4.78, 5) is 10.5. The Morgan fingerprint density at radius 3 is 2.71 bits per heavy atom. The van der Waals surface area contributed by atoms with Gasteiger partial charge in [0.25, 0.3) is 0 Å². The minimum atomic E-state index is -1.29. The summed E-state index contributed by atoms with van der Waals surface area (Å²) in [7, 11) is 0. The van der Waals surface area contributed by atoms with Gasteiger partial charge in [0.15, 0.2) is 5.82 Å². The largest absolute Gasteiger partial charge is 0.390 e. The van der Waals surface area contributed by atoms with Gasteiger partial charge in [-0.25, -0.2) is 19.0 Å². The number of aromatic nitrogens is 4. The van der Waals surface area contributed by atoms with Gasteiger partial charge in [-0.15, -0.1) is 0 Å². The van der Waals surface area contributed by atoms with E-state index in [-0.39, 0.29) is 6.54 Å². The topological polar surface area (TPSA) is 90.9 Å². The standard InChI is InChI=1S/C23H23FN6O/c24-17-10-29(6-3-19(17)31)20-8-21(27-14-26-20)30-18-7-16(2-1-15(18)9-28-30)23(13-25)11-22(12-23)4-5-22/h1-2,7-9,14,17,19,31H,3-6,10-12H2/t17-,19+/m0/s1. The molecule has 0 radical (unpaired) electrons. The number of benzene rings is 1. The summed E-state index contributed by atoms with van der Waals surface area (Å²) in [6, 6.07) is 10.5. The van der Waals surface area contributed by atoms with E-state index in [0.717, 1.165) is 29.3 Å². The van der Waals surface area contributed by atoms with Crippen LogP contribution < -0.4 is 4.90 Å². The molecular formula is C23H23FN6O. The molecule has 3 fully saturated rings. The molecule has 3 aliphatic rings. The van der Waals surface area contributed by atoms with Crippen LogP contribution in [0.15, 0.2) is 36.8 Å². The lowest BCUT2D eigenvalue weighted by atomic mass is 9.57. The smallest absolute Gasteiger partial charge is 0.159 e. The Kier molecular flexibility index (Phi) is 3.90. The van der Waals surface area contributed by atoms with Crippen LogP contribution in [0.3, 0.4) is 0 Å². The minimum absolute atomic E-state index is 0.105. The quantitative estimate of drug-likeness (QED) is 0.703. The highest BCUT2D eigenvalue weighted by molar-refractivity contribution is 5.81. The van der Waals surface area contributed by atoms with Gasteiger partial charge >= 0.3 is 0 Å². The third-order valence-electron chi connectivity index (χ3n) is 7.33. The highest BCUT2D eigenvalue weighted by Gasteiger charge is 2.61. The van der Waals surface area contributed by atoms with E-state index in [9.17, 15) is 14.8 Å². The molecule has 8 heteroatoms. The first-order valence-corrected chi connectivity index (χ1v) is 10.8. The summed E-state index contributed by atoms with van der Waals surface area (Å²) in [5, 5.41) is 25.1. The molecule has 3 heterocycles. The number of nitrogens with zero attached hydrogens (tertiary/aromatic N) is 6. The van der Waals surface area contributed by atoms with Crippen molar-refractivity contribution in [3.05, 3.63) is 42.4 Å². The number of halogens is 1. The van der Waals surface area contributed by atoms with Crippen LogP contribution in [-0.2, 0) is 5.41 Å². The summed E-state index contributed by atoms with van der Waals surface area (Å²) in [6.07, 6.45) is 5.78. The predicted octanol–water partition coefficient (Wildman–Crippen LogP) is 3.06. The fourth-order valence-corrected chi connectivity index (χ4v) is 5.33. The van der Waals surface area contributed by atoms with E-state index in [1.165, 1.54) is 19.2 Å². The van der Waals surface area contributed by atoms with Crippen molar-refractivity contribution >= 4 is 16.7 Å². The normalized spacial score (nSPS) is 25.9. The molecule has 0 amide bonds. The van der Waals surface area contributed by atoms with E-state index in [1.807, 2.05) is 11.0 Å². The molecule has 2 aliphatic carbocycles. The maximum absolute atomic E-state index is 14.0. The van der Waals surface area contributed by atoms with Crippen molar-refractivity contribution in [3.63, 3.8) is 0 Å². The average Bonchev–Trinajstić information content (AvgIpc) is 3.45. The number of hydrogen-bond donors (Lipinski definition) is 1. The molecule has 2 aromatic heterocycles. The molecule has 0 bridgehead atoms. The van der Waals surface area contributed by atoms with Gasteiger partial charge < -0.3 is 10.0 Å². The first kappa shape index (κ1) is 18.7. The van der Waals surface area contributed by atoms with Crippen molar-refractivity contribution in [1.29, 1.82) is 5.26 Å². The van der Waals surface area contributed by atoms with Gasteiger partial charge in [-0.05, 0) is 49.1 Å². The van der Waals surface area contributed by atoms with E-state index >= 15 is 0 Å². The molecule has 31 heavy (non-hydrogen) atoms. The summed E-state index contributed by atoms with van der Waals surface area (Å²) in [5.74, 6) is 1.21. The van der Waals surface area contributed by atoms with E-state index in [0.29, 0.717) is 30.0 Å². The number of aliphatic hydroxyl groups excluding tert-OH is 1. The van der Waals surface area contributed by atoms with Crippen LogP contribution in [0.2, 0.25) is 0 Å². The number of piperidine rings is 1. The second-order valence-corrected chi connectivity index (χ2v) is 9.43. The van der Waals surface area contributed by atoms with Crippen molar-refractivity contribution in [2.24, 2.45) is 5.41 Å². The molecule has 2 saturated carbocycles. The van der Waals surface area contributed by atoms with Crippen LogP contribution >= 0.6 is 0 Å². The van der Waals surface area contributed by atoms with Gasteiger partial charge in [0.1, 0.15) is 18.3 Å². The van der Waals surface area contributed by atoms with Crippen LogP contribution in [0.4, 0.5) is 10.2 Å². The van der Waals surface area contributed by atoms with Gasteiger partial charge in [0.2, 0.25) is 0 Å². The predicted molar refractivity (Wildman–Crippen MR) is 113 cm³/mol. The molecule has 0 unspecified atom stereocenters. The lowest BCUT2D eigenvalue weighted by Gasteiger charge is -2.44. The second kappa shape index (κ2) is 6.47. The lowest BCUT2D eigenvalue weighted by Crippen LogP contribution is -2.45. The zero-order valence-corrected chi connectivity index (χ0v) is 17.1. The van der Waals surface area contributed by atoms with E-state index in [2.05, 4.69) is 33.3 Å². The first-order chi connectivity index (χ1) is 15.0. The zero-order valence-electron chi connectivity index (χ0n) is 17.1. The molecule has 3 aromatic rings. The summed E-state index contributed by atoms with van der Waals surface area (Å²) in [5.41, 5.74) is 1.96. The molecule has 2 atom stereocenters. The fraction of sp³-hybridized carbons (Fsp3) is 0.478. The maximum Gasteiger partial charge on any atom is 0.159 e. The van der Waals surface area contributed by atoms with Gasteiger partial charge in [-0.1, -0.05) is 12.1 Å². The summed E-state index contributed by atoms with van der Waals surface area (Å²) >= 11 is 0. The molecule has 158 valence electrons. The monoisotopic (exact) mass is 418 g/mol. The van der Waals surface area contributed by atoms with Crippen molar-refractivity contribution in [2.75, 3.05) is 18.0 Å². The number of anilines is 1. The highest BCUT2D eigenvalue weighted by Crippen LogP contribution is 2.68. The van der Waals surface area contributed by atoms with E-state index in [4.69, 9.17) is 0 Å². The van der Waals surface area contributed by atoms with Gasteiger partial charge in [-0.2, -0.15) is 10.4 Å². The number of nitriles is 1. The third-order valence-corrected chi connectivity index (χ3v) is 7.33. The maximum atomic E-state index is 14.0. The molecule has 1 aliphatic heterocycles. The second-order valence-electron chi connectivity index (χ2n) is 9.43. The SMILES string of the molecule is N#CC1(c2ccc3cnn(-c4cc(N5CC[C@@H](O)[C@@H](F)C5)ncn4)c3c2)CC2(CC2)C1. The number of fused-ring (bicyclic) bond motifs is 1. The van der Waals surface area contributed by atoms with Crippen LogP contribution in [-0.4, -0.2) is 50.2 Å². The average molecular weight is 418 g/mol. The van der Waals surface area contributed by atoms with Gasteiger partial charge in [0.05, 0.1) is 35.8 Å². The number of rotatable bonds is 3. The van der Waals surface area contributed by atoms with Crippen molar-refractivity contribution in [1.82, 2.24) is 19.7 Å². The first-order valence-electron chi connectivity index (χ1n) is 10.8. The van der Waals surface area contributed by atoms with Crippen LogP contribution in [0.5, 0.6) is 0 Å². The Labute approximate surface area is 179 Å². The lowest BCUT2D eigenvalue weighted by molar-refractivity contribution is 0.0613. The Morgan fingerprint density at radius 1 is 1.16 bits per heavy atom. The molecular weight excluding hydrogens is 395 g/mol. The Balaban J connectivity index is 1.35. The molecule has 7 nitrogen and oxygen atoms in total. The Bertz CT molecular complexity index is 1200. The highest BCUT2D eigenvalue weighted by atomic mass is 19.1. The Hall–Kier alpha value is -3.05. The molecule has 1 N–H and O–H groups in total. The molecule has 1 spiro atoms. The van der Waals surface area contributed by atoms with Crippen LogP contribution in [0.1, 0.15) is 37.7 Å². The number of aliphatic hydroxyl groups is 1. The van der Waals surface area contributed by atoms with Crippen LogP contribution in [0.25, 0.3) is 16.7 Å². The van der Waals surface area contributed by atoms with E-state index in [1.54, 1.807) is 16.9 Å². The van der Waals surface area contributed by atoms with Gasteiger partial charge in [-0.3, -0.25) is 0 Å². The number of hydrogen-bond acceptors (Lipinski definition) is 6. The van der Waals surface area contributed by atoms with Gasteiger partial charge in [0, 0.05) is 18.0 Å². The fourth-order valence-electron chi connectivity index (χ4n) is 5.33. The summed E-state index contributed by atoms with van der Waals surface area (Å²) in [6.45, 7) is 0.641. The van der Waals surface area contributed by atoms with Crippen molar-refractivity contribution < 1.29 is 9.50 Å². The molecule has 1 saturated heterocycles. The number of alkyl halides is 1. The molecule has 1 aromatic carbocycles. The van der Waals surface area contributed by atoms with E-state index < -0.39 is 17.7 Å². The summed E-state index contributed by atoms with van der Waals surface area (Å²) < 4.78 is 15.8. The minimum Gasteiger partial charge on any atom is -0.390 e. The third kappa shape index (κ3) is 2.91. The van der Waals surface area contributed by atoms with Crippen molar-refractivity contribution in [3.8, 4) is 11.9 Å². The zero-order chi connectivity index (χ0) is 21.2. The Morgan fingerprint density at radius 2 is 1.97 bits per heavy atom. The van der Waals surface area contributed by atoms with Crippen molar-refractivity contribution in [2.45, 2.75) is 49.8 Å². The van der Waals surface area contributed by atoms with Crippen LogP contribution in [0, 0.1) is 16.7 Å².